The molecule has 1 aliphatic rings. The van der Waals surface area contributed by atoms with Gasteiger partial charge in [0.1, 0.15) is 0 Å². The van der Waals surface area contributed by atoms with E-state index in [2.05, 4.69) is 13.8 Å². The molecule has 1 saturated carbocycles. The first-order chi connectivity index (χ1) is 8.54. The van der Waals surface area contributed by atoms with Gasteiger partial charge in [-0.3, -0.25) is 0 Å². The van der Waals surface area contributed by atoms with Gasteiger partial charge in [0, 0.05) is 6.04 Å². The largest absolute Gasteiger partial charge is 0.327 e. The average Bonchev–Trinajstić information content (AvgIpc) is 2.26. The van der Waals surface area contributed by atoms with Gasteiger partial charge in [0.2, 0.25) is 0 Å². The lowest BCUT2D eigenvalue weighted by atomic mass is 9.73. The molecule has 1 fully saturated rings. The maximum absolute atomic E-state index is 12.2. The summed E-state index contributed by atoms with van der Waals surface area (Å²) in [6.45, 7) is 9.84. The molecule has 1 aliphatic carbocycles. The van der Waals surface area contributed by atoms with Crippen LogP contribution in [-0.4, -0.2) is 25.0 Å². The van der Waals surface area contributed by atoms with E-state index in [1.54, 1.807) is 20.8 Å². The number of nitrogens with two attached hydrogens (primary N) is 1. The Labute approximate surface area is 119 Å². The molecule has 0 aromatic carbocycles. The normalized spacial score (nSPS) is 29.7. The van der Waals surface area contributed by atoms with Crippen molar-refractivity contribution in [2.45, 2.75) is 71.1 Å². The standard InChI is InChI=1S/C15H31NO2S/c1-11(2)12-6-7-14(16)13(10-12)8-9-19(17,18)15(3,4)5/h11-14H,6-10,16H2,1-5H3. The molecule has 3 unspecified atom stereocenters. The van der Waals surface area contributed by atoms with Crippen molar-refractivity contribution >= 4 is 9.84 Å². The topological polar surface area (TPSA) is 60.2 Å². The maximum Gasteiger partial charge on any atom is 0.155 e. The highest BCUT2D eigenvalue weighted by Gasteiger charge is 2.33. The quantitative estimate of drug-likeness (QED) is 0.865. The zero-order valence-corrected chi connectivity index (χ0v) is 14.0. The van der Waals surface area contributed by atoms with Crippen molar-refractivity contribution in [2.75, 3.05) is 5.75 Å². The van der Waals surface area contributed by atoms with Crippen molar-refractivity contribution in [3.05, 3.63) is 0 Å². The molecule has 0 aliphatic heterocycles. The van der Waals surface area contributed by atoms with Crippen molar-refractivity contribution < 1.29 is 8.42 Å². The molecule has 0 radical (unpaired) electrons. The highest BCUT2D eigenvalue weighted by molar-refractivity contribution is 7.92. The molecule has 0 saturated heterocycles. The van der Waals surface area contributed by atoms with E-state index in [0.29, 0.717) is 17.8 Å². The van der Waals surface area contributed by atoms with E-state index in [9.17, 15) is 8.42 Å². The summed E-state index contributed by atoms with van der Waals surface area (Å²) in [5.41, 5.74) is 6.18. The van der Waals surface area contributed by atoms with Crippen LogP contribution in [0.25, 0.3) is 0 Å². The minimum Gasteiger partial charge on any atom is -0.327 e. The van der Waals surface area contributed by atoms with E-state index in [-0.39, 0.29) is 11.8 Å². The average molecular weight is 289 g/mol. The second-order valence-electron chi connectivity index (χ2n) is 7.46. The zero-order chi connectivity index (χ0) is 14.8. The van der Waals surface area contributed by atoms with Crippen LogP contribution in [0.5, 0.6) is 0 Å². The Morgan fingerprint density at radius 3 is 2.26 bits per heavy atom. The molecular formula is C15H31NO2S. The van der Waals surface area contributed by atoms with Crippen molar-refractivity contribution in [2.24, 2.45) is 23.5 Å². The van der Waals surface area contributed by atoms with Crippen molar-refractivity contribution in [3.8, 4) is 0 Å². The lowest BCUT2D eigenvalue weighted by Gasteiger charge is -2.36. The Hall–Kier alpha value is -0.0900. The first-order valence-corrected chi connectivity index (χ1v) is 9.17. The van der Waals surface area contributed by atoms with Crippen molar-refractivity contribution in [1.29, 1.82) is 0 Å². The van der Waals surface area contributed by atoms with E-state index >= 15 is 0 Å². The summed E-state index contributed by atoms with van der Waals surface area (Å²) >= 11 is 0. The molecule has 3 nitrogen and oxygen atoms in total. The first kappa shape index (κ1) is 17.0. The van der Waals surface area contributed by atoms with Gasteiger partial charge in [0.25, 0.3) is 0 Å². The summed E-state index contributed by atoms with van der Waals surface area (Å²) < 4.78 is 23.7. The molecule has 0 amide bonds. The predicted molar refractivity (Wildman–Crippen MR) is 81.8 cm³/mol. The fourth-order valence-corrected chi connectivity index (χ4v) is 4.10. The van der Waals surface area contributed by atoms with Gasteiger partial charge >= 0.3 is 0 Å². The molecule has 4 heteroatoms. The Kier molecular flexibility index (Phi) is 5.47. The summed E-state index contributed by atoms with van der Waals surface area (Å²) in [7, 11) is -3.01. The third kappa shape index (κ3) is 4.45. The highest BCUT2D eigenvalue weighted by atomic mass is 32.2. The van der Waals surface area contributed by atoms with E-state index in [1.807, 2.05) is 0 Å². The molecule has 114 valence electrons. The highest BCUT2D eigenvalue weighted by Crippen LogP contribution is 2.35. The van der Waals surface area contributed by atoms with Crippen LogP contribution in [0.2, 0.25) is 0 Å². The molecule has 0 aromatic heterocycles. The summed E-state index contributed by atoms with van der Waals surface area (Å²) in [6.07, 6.45) is 4.06. The van der Waals surface area contributed by atoms with Crippen LogP contribution < -0.4 is 5.73 Å². The van der Waals surface area contributed by atoms with Gasteiger partial charge in [-0.25, -0.2) is 8.42 Å². The number of rotatable bonds is 4. The van der Waals surface area contributed by atoms with Crippen LogP contribution in [0, 0.1) is 17.8 Å². The molecule has 3 atom stereocenters. The van der Waals surface area contributed by atoms with Crippen LogP contribution in [0.15, 0.2) is 0 Å². The molecule has 0 spiro atoms. The SMILES string of the molecule is CC(C)C1CCC(N)C(CCS(=O)(=O)C(C)(C)C)C1. The fraction of sp³-hybridized carbons (Fsp3) is 1.00. The molecule has 0 aromatic rings. The minimum absolute atomic E-state index is 0.185. The Morgan fingerprint density at radius 2 is 1.79 bits per heavy atom. The minimum atomic E-state index is -3.01. The van der Waals surface area contributed by atoms with E-state index < -0.39 is 14.6 Å². The third-order valence-corrected chi connectivity index (χ3v) is 7.35. The van der Waals surface area contributed by atoms with Gasteiger partial charge < -0.3 is 5.73 Å². The first-order valence-electron chi connectivity index (χ1n) is 7.52. The summed E-state index contributed by atoms with van der Waals surface area (Å²) in [4.78, 5) is 0. The maximum atomic E-state index is 12.2. The van der Waals surface area contributed by atoms with E-state index in [1.165, 1.54) is 6.42 Å². The fourth-order valence-electron chi connectivity index (χ4n) is 2.87. The van der Waals surface area contributed by atoms with Crippen molar-refractivity contribution in [1.82, 2.24) is 0 Å². The van der Waals surface area contributed by atoms with Crippen molar-refractivity contribution in [3.63, 3.8) is 0 Å². The van der Waals surface area contributed by atoms with E-state index in [4.69, 9.17) is 5.73 Å². The van der Waals surface area contributed by atoms with Crippen LogP contribution in [0.1, 0.15) is 60.3 Å². The van der Waals surface area contributed by atoms with Gasteiger partial charge in [-0.2, -0.15) is 0 Å². The lowest BCUT2D eigenvalue weighted by Crippen LogP contribution is -2.39. The molecule has 1 rings (SSSR count). The van der Waals surface area contributed by atoms with Crippen LogP contribution in [0.3, 0.4) is 0 Å². The van der Waals surface area contributed by atoms with Gasteiger partial charge in [-0.1, -0.05) is 13.8 Å². The molecule has 0 heterocycles. The number of hydrogen-bond acceptors (Lipinski definition) is 3. The predicted octanol–water partition coefficient (Wildman–Crippen LogP) is 2.99. The van der Waals surface area contributed by atoms with Crippen LogP contribution in [0.4, 0.5) is 0 Å². The smallest absolute Gasteiger partial charge is 0.155 e. The van der Waals surface area contributed by atoms with Gasteiger partial charge in [0.15, 0.2) is 9.84 Å². The summed E-state index contributed by atoms with van der Waals surface area (Å²) in [6, 6.07) is 0.185. The van der Waals surface area contributed by atoms with Gasteiger partial charge in [-0.05, 0) is 64.2 Å². The Bertz CT molecular complexity index is 381. The summed E-state index contributed by atoms with van der Waals surface area (Å²) in [5.74, 6) is 2.04. The number of hydrogen-bond donors (Lipinski definition) is 1. The van der Waals surface area contributed by atoms with Crippen LogP contribution in [-0.2, 0) is 9.84 Å². The second-order valence-corrected chi connectivity index (χ2v) is 10.3. The van der Waals surface area contributed by atoms with Gasteiger partial charge in [0.05, 0.1) is 10.5 Å². The molecule has 2 N–H and O–H groups in total. The van der Waals surface area contributed by atoms with Crippen LogP contribution >= 0.6 is 0 Å². The van der Waals surface area contributed by atoms with Gasteiger partial charge in [-0.15, -0.1) is 0 Å². The third-order valence-electron chi connectivity index (χ3n) is 4.71. The summed E-state index contributed by atoms with van der Waals surface area (Å²) in [5, 5.41) is 0. The Balaban J connectivity index is 2.61. The second kappa shape index (κ2) is 6.13. The zero-order valence-electron chi connectivity index (χ0n) is 13.1. The number of sulfone groups is 1. The lowest BCUT2D eigenvalue weighted by molar-refractivity contribution is 0.187. The Morgan fingerprint density at radius 1 is 1.21 bits per heavy atom. The molecule has 19 heavy (non-hydrogen) atoms. The van der Waals surface area contributed by atoms with E-state index in [0.717, 1.165) is 19.3 Å². The molecular weight excluding hydrogens is 258 g/mol. The monoisotopic (exact) mass is 289 g/mol. The molecule has 0 bridgehead atoms.